The lowest BCUT2D eigenvalue weighted by atomic mass is 9.93. The van der Waals surface area contributed by atoms with Crippen LogP contribution in [0.25, 0.3) is 0 Å². The first-order valence-electron chi connectivity index (χ1n) is 8.02. The van der Waals surface area contributed by atoms with Crippen LogP contribution < -0.4 is 15.8 Å². The largest absolute Gasteiger partial charge is 0.497 e. The molecule has 25 heavy (non-hydrogen) atoms. The monoisotopic (exact) mass is 339 g/mol. The number of nitrogen functional groups attached to an aromatic ring is 1. The van der Waals surface area contributed by atoms with Crippen LogP contribution in [0.3, 0.4) is 0 Å². The molecular weight excluding hydrogens is 321 g/mol. The van der Waals surface area contributed by atoms with Crippen molar-refractivity contribution in [3.05, 3.63) is 65.5 Å². The van der Waals surface area contributed by atoms with Gasteiger partial charge in [0.2, 0.25) is 11.9 Å². The van der Waals surface area contributed by atoms with Gasteiger partial charge in [0, 0.05) is 0 Å². The van der Waals surface area contributed by atoms with Crippen LogP contribution in [0.2, 0.25) is 0 Å². The predicted octanol–water partition coefficient (Wildman–Crippen LogP) is 3.15. The highest BCUT2D eigenvalue weighted by Gasteiger charge is 2.31. The number of hydrogen-bond acceptors (Lipinski definition) is 5. The summed E-state index contributed by atoms with van der Waals surface area (Å²) in [6.45, 7) is 0. The molecule has 0 saturated carbocycles. The third-order valence-corrected chi connectivity index (χ3v) is 4.46. The molecule has 4 rings (SSSR count). The number of nitrogens with zero attached hydrogens (tertiary/aromatic N) is 3. The van der Waals surface area contributed by atoms with E-state index in [1.165, 1.54) is 12.1 Å². The second kappa shape index (κ2) is 6.08. The van der Waals surface area contributed by atoms with E-state index in [9.17, 15) is 4.39 Å². The molecule has 0 saturated heterocycles. The second-order valence-electron chi connectivity index (χ2n) is 6.01. The van der Waals surface area contributed by atoms with Gasteiger partial charge in [-0.05, 0) is 41.8 Å². The number of halogens is 1. The maximum Gasteiger partial charge on any atom is 0.241 e. The normalized spacial score (nSPS) is 19.1. The van der Waals surface area contributed by atoms with E-state index in [1.807, 2.05) is 24.3 Å². The Labute approximate surface area is 144 Å². The molecule has 7 heteroatoms. The fourth-order valence-corrected chi connectivity index (χ4v) is 3.23. The number of anilines is 2. The summed E-state index contributed by atoms with van der Waals surface area (Å²) in [6.07, 6.45) is 0.731. The summed E-state index contributed by atoms with van der Waals surface area (Å²) in [5.41, 5.74) is 7.83. The van der Waals surface area contributed by atoms with Gasteiger partial charge in [-0.1, -0.05) is 24.3 Å². The summed E-state index contributed by atoms with van der Waals surface area (Å²) in [6, 6.07) is 14.3. The molecule has 2 heterocycles. The Morgan fingerprint density at radius 2 is 2.00 bits per heavy atom. The number of methoxy groups -OCH3 is 1. The molecule has 0 aliphatic carbocycles. The van der Waals surface area contributed by atoms with Crippen LogP contribution in [0.4, 0.5) is 16.3 Å². The van der Waals surface area contributed by atoms with Gasteiger partial charge in [0.15, 0.2) is 0 Å². The highest BCUT2D eigenvalue weighted by Crippen LogP contribution is 2.38. The topological polar surface area (TPSA) is 78.0 Å². The number of nitrogens with two attached hydrogens (primary N) is 1. The zero-order valence-corrected chi connectivity index (χ0v) is 13.7. The summed E-state index contributed by atoms with van der Waals surface area (Å²) >= 11 is 0. The van der Waals surface area contributed by atoms with Gasteiger partial charge in [0.05, 0.1) is 19.2 Å². The van der Waals surface area contributed by atoms with Crippen LogP contribution in [0, 0.1) is 5.82 Å². The summed E-state index contributed by atoms with van der Waals surface area (Å²) < 4.78 is 20.4. The molecule has 6 nitrogen and oxygen atoms in total. The molecule has 2 aromatic carbocycles. The molecule has 3 N–H and O–H groups in total. The first kappa shape index (κ1) is 15.4. The minimum atomic E-state index is -0.264. The smallest absolute Gasteiger partial charge is 0.241 e. The first-order valence-corrected chi connectivity index (χ1v) is 8.02. The molecule has 1 aliphatic rings. The molecule has 0 bridgehead atoms. The number of ether oxygens (including phenoxy) is 1. The van der Waals surface area contributed by atoms with Gasteiger partial charge < -0.3 is 15.8 Å². The van der Waals surface area contributed by atoms with Crippen molar-refractivity contribution in [3.8, 4) is 5.75 Å². The molecule has 0 unspecified atom stereocenters. The Bertz CT molecular complexity index is 893. The first-order chi connectivity index (χ1) is 12.1. The van der Waals surface area contributed by atoms with Crippen LogP contribution in [0.5, 0.6) is 5.75 Å². The molecule has 128 valence electrons. The van der Waals surface area contributed by atoms with Crippen molar-refractivity contribution in [2.75, 3.05) is 18.2 Å². The summed E-state index contributed by atoms with van der Waals surface area (Å²) in [5, 5.41) is 7.67. The quantitative estimate of drug-likeness (QED) is 0.766. The van der Waals surface area contributed by atoms with Crippen molar-refractivity contribution in [2.24, 2.45) is 0 Å². The minimum absolute atomic E-state index is 0.0150. The molecule has 2 atom stereocenters. The van der Waals surface area contributed by atoms with Crippen LogP contribution >= 0.6 is 0 Å². The van der Waals surface area contributed by atoms with Crippen molar-refractivity contribution >= 4 is 11.9 Å². The highest BCUT2D eigenvalue weighted by atomic mass is 19.1. The Morgan fingerprint density at radius 3 is 2.76 bits per heavy atom. The third-order valence-electron chi connectivity index (χ3n) is 4.46. The van der Waals surface area contributed by atoms with Crippen LogP contribution in [-0.4, -0.2) is 21.9 Å². The lowest BCUT2D eigenvalue weighted by Crippen LogP contribution is -2.28. The minimum Gasteiger partial charge on any atom is -0.497 e. The number of hydrogen-bond donors (Lipinski definition) is 2. The maximum absolute atomic E-state index is 13.3. The SMILES string of the molecule is COc1cccc([C@H]2C[C@H](c3ccc(F)cc3)n3nc(N)nc3N2)c1. The Balaban J connectivity index is 1.74. The van der Waals surface area contributed by atoms with Crippen LogP contribution in [0.1, 0.15) is 29.6 Å². The van der Waals surface area contributed by atoms with Crippen molar-refractivity contribution in [2.45, 2.75) is 18.5 Å². The van der Waals surface area contributed by atoms with E-state index in [0.717, 1.165) is 23.3 Å². The van der Waals surface area contributed by atoms with E-state index in [-0.39, 0.29) is 23.8 Å². The van der Waals surface area contributed by atoms with Gasteiger partial charge in [-0.15, -0.1) is 5.10 Å². The van der Waals surface area contributed by atoms with E-state index < -0.39 is 0 Å². The van der Waals surface area contributed by atoms with E-state index in [0.29, 0.717) is 5.95 Å². The zero-order chi connectivity index (χ0) is 17.4. The number of aromatic nitrogens is 3. The number of benzene rings is 2. The van der Waals surface area contributed by atoms with Gasteiger partial charge >= 0.3 is 0 Å². The molecule has 0 fully saturated rings. The third kappa shape index (κ3) is 2.88. The van der Waals surface area contributed by atoms with E-state index in [1.54, 1.807) is 23.9 Å². The van der Waals surface area contributed by atoms with Crippen LogP contribution in [-0.2, 0) is 0 Å². The van der Waals surface area contributed by atoms with Gasteiger partial charge in [0.25, 0.3) is 0 Å². The summed E-state index contributed by atoms with van der Waals surface area (Å²) in [4.78, 5) is 4.28. The predicted molar refractivity (Wildman–Crippen MR) is 92.9 cm³/mol. The number of nitrogens with one attached hydrogen (secondary N) is 1. The summed E-state index contributed by atoms with van der Waals surface area (Å²) in [5.74, 6) is 1.34. The molecule has 3 aromatic rings. The van der Waals surface area contributed by atoms with Crippen molar-refractivity contribution in [1.29, 1.82) is 0 Å². The second-order valence-corrected chi connectivity index (χ2v) is 6.01. The fraction of sp³-hybridized carbons (Fsp3) is 0.222. The standard InChI is InChI=1S/C18H18FN5O/c1-25-14-4-2-3-12(9-14)15-10-16(11-5-7-13(19)8-6-11)24-18(21-15)22-17(20)23-24/h2-9,15-16H,10H2,1H3,(H3,20,21,22,23)/t15-,16-/m1/s1. The lowest BCUT2D eigenvalue weighted by Gasteiger charge is -2.31. The maximum atomic E-state index is 13.3. The van der Waals surface area contributed by atoms with E-state index >= 15 is 0 Å². The molecule has 0 spiro atoms. The lowest BCUT2D eigenvalue weighted by molar-refractivity contribution is 0.410. The zero-order valence-electron chi connectivity index (χ0n) is 13.7. The van der Waals surface area contributed by atoms with Gasteiger partial charge in [-0.2, -0.15) is 4.98 Å². The Morgan fingerprint density at radius 1 is 1.20 bits per heavy atom. The molecule has 0 radical (unpaired) electrons. The highest BCUT2D eigenvalue weighted by molar-refractivity contribution is 5.43. The summed E-state index contributed by atoms with van der Waals surface area (Å²) in [7, 11) is 1.64. The van der Waals surface area contributed by atoms with Gasteiger partial charge in [-0.25, -0.2) is 9.07 Å². The number of rotatable bonds is 3. The average Bonchev–Trinajstić information content (AvgIpc) is 3.02. The van der Waals surface area contributed by atoms with Crippen molar-refractivity contribution in [3.63, 3.8) is 0 Å². The van der Waals surface area contributed by atoms with Gasteiger partial charge in [-0.3, -0.25) is 0 Å². The average molecular weight is 339 g/mol. The Kier molecular flexibility index (Phi) is 3.76. The molecule has 0 amide bonds. The van der Waals surface area contributed by atoms with Gasteiger partial charge in [0.1, 0.15) is 11.6 Å². The fourth-order valence-electron chi connectivity index (χ4n) is 3.23. The molecule has 1 aromatic heterocycles. The molecular formula is C18H18FN5O. The van der Waals surface area contributed by atoms with Crippen molar-refractivity contribution in [1.82, 2.24) is 14.8 Å². The molecule has 1 aliphatic heterocycles. The van der Waals surface area contributed by atoms with E-state index in [4.69, 9.17) is 10.5 Å². The number of fused-ring (bicyclic) bond motifs is 1. The Hall–Kier alpha value is -3.09. The van der Waals surface area contributed by atoms with Crippen molar-refractivity contribution < 1.29 is 9.13 Å². The van der Waals surface area contributed by atoms with E-state index in [2.05, 4.69) is 15.4 Å². The van der Waals surface area contributed by atoms with Crippen LogP contribution in [0.15, 0.2) is 48.5 Å².